The molecule has 4 heteroatoms. The van der Waals surface area contributed by atoms with Gasteiger partial charge in [-0.25, -0.2) is 0 Å². The van der Waals surface area contributed by atoms with Crippen LogP contribution in [-0.4, -0.2) is 43.8 Å². The summed E-state index contributed by atoms with van der Waals surface area (Å²) in [6.07, 6.45) is 0.292. The van der Waals surface area contributed by atoms with Crippen molar-refractivity contribution in [1.82, 2.24) is 10.2 Å². The van der Waals surface area contributed by atoms with Gasteiger partial charge in [-0.05, 0) is 25.7 Å². The summed E-state index contributed by atoms with van der Waals surface area (Å²) in [5.41, 5.74) is 0.989. The third-order valence-electron chi connectivity index (χ3n) is 3.29. The molecule has 0 aliphatic rings. The molecule has 0 unspecified atom stereocenters. The lowest BCUT2D eigenvalue weighted by Gasteiger charge is -2.18. The van der Waals surface area contributed by atoms with E-state index in [-0.39, 0.29) is 11.7 Å². The van der Waals surface area contributed by atoms with Crippen molar-refractivity contribution in [2.24, 2.45) is 5.41 Å². The monoisotopic (exact) mass is 290 g/mol. The fraction of sp³-hybridized carbons (Fsp3) is 0.529. The molecular weight excluding hydrogens is 264 g/mol. The highest BCUT2D eigenvalue weighted by atomic mass is 16.1. The normalized spacial score (nSPS) is 11.5. The Bertz CT molecular complexity index is 502. The maximum atomic E-state index is 12.2. The van der Waals surface area contributed by atoms with Crippen LogP contribution in [0.15, 0.2) is 24.3 Å². The smallest absolute Gasteiger partial charge is 0.251 e. The van der Waals surface area contributed by atoms with Gasteiger partial charge < -0.3 is 10.2 Å². The predicted molar refractivity (Wildman–Crippen MR) is 85.5 cm³/mol. The average Bonchev–Trinajstić information content (AvgIpc) is 2.37. The second-order valence-electron chi connectivity index (χ2n) is 6.57. The average molecular weight is 290 g/mol. The molecule has 116 valence electrons. The summed E-state index contributed by atoms with van der Waals surface area (Å²) in [7, 11) is 3.92. The second kappa shape index (κ2) is 7.36. The fourth-order valence-corrected chi connectivity index (χ4v) is 1.82. The van der Waals surface area contributed by atoms with Crippen molar-refractivity contribution in [2.75, 3.05) is 27.2 Å². The lowest BCUT2D eigenvalue weighted by atomic mass is 9.86. The molecule has 4 nitrogen and oxygen atoms in total. The van der Waals surface area contributed by atoms with Gasteiger partial charge in [0.2, 0.25) is 0 Å². The molecule has 1 aromatic carbocycles. The zero-order valence-electron chi connectivity index (χ0n) is 13.7. The van der Waals surface area contributed by atoms with Gasteiger partial charge in [-0.3, -0.25) is 9.59 Å². The molecule has 0 atom stereocenters. The molecule has 1 rings (SSSR count). The molecule has 0 saturated heterocycles. The first-order valence-corrected chi connectivity index (χ1v) is 7.26. The molecule has 0 aliphatic carbocycles. The van der Waals surface area contributed by atoms with Crippen molar-refractivity contribution in [3.8, 4) is 0 Å². The van der Waals surface area contributed by atoms with Crippen molar-refractivity contribution >= 4 is 11.7 Å². The zero-order chi connectivity index (χ0) is 16.0. The topological polar surface area (TPSA) is 49.4 Å². The summed E-state index contributed by atoms with van der Waals surface area (Å²) < 4.78 is 0. The van der Waals surface area contributed by atoms with Gasteiger partial charge in [-0.15, -0.1) is 0 Å². The van der Waals surface area contributed by atoms with Crippen LogP contribution >= 0.6 is 0 Å². The summed E-state index contributed by atoms with van der Waals surface area (Å²) >= 11 is 0. The van der Waals surface area contributed by atoms with E-state index in [0.29, 0.717) is 18.5 Å². The number of carbonyl (C=O) groups excluding carboxylic acids is 2. The van der Waals surface area contributed by atoms with Crippen molar-refractivity contribution in [1.29, 1.82) is 0 Å². The molecule has 0 radical (unpaired) electrons. The largest absolute Gasteiger partial charge is 0.351 e. The van der Waals surface area contributed by atoms with Crippen LogP contribution in [0.1, 0.15) is 36.7 Å². The van der Waals surface area contributed by atoms with Crippen LogP contribution in [0, 0.1) is 5.41 Å². The lowest BCUT2D eigenvalue weighted by Crippen LogP contribution is -2.32. The Morgan fingerprint density at radius 3 is 2.33 bits per heavy atom. The van der Waals surface area contributed by atoms with Crippen LogP contribution in [0.4, 0.5) is 0 Å². The third-order valence-corrected chi connectivity index (χ3v) is 3.29. The van der Waals surface area contributed by atoms with Gasteiger partial charge in [0.15, 0.2) is 0 Å². The van der Waals surface area contributed by atoms with E-state index in [0.717, 1.165) is 12.1 Å². The van der Waals surface area contributed by atoms with E-state index in [1.165, 1.54) is 0 Å². The molecular formula is C17H26N2O2. The number of carbonyl (C=O) groups is 2. The quantitative estimate of drug-likeness (QED) is 0.873. The standard InChI is InChI=1S/C17H26N2O2/c1-17(2,3)15(20)12-13-8-6-7-9-14(13)16(21)18-10-11-19(4)5/h6-9H,10-12H2,1-5H3,(H,18,21). The van der Waals surface area contributed by atoms with Crippen LogP contribution in [0.25, 0.3) is 0 Å². The van der Waals surface area contributed by atoms with E-state index in [1.54, 1.807) is 6.07 Å². The van der Waals surface area contributed by atoms with Crippen molar-refractivity contribution < 1.29 is 9.59 Å². The second-order valence-corrected chi connectivity index (χ2v) is 6.57. The van der Waals surface area contributed by atoms with E-state index >= 15 is 0 Å². The number of hydrogen-bond acceptors (Lipinski definition) is 3. The minimum absolute atomic E-state index is 0.117. The van der Waals surface area contributed by atoms with Crippen LogP contribution in [-0.2, 0) is 11.2 Å². The molecule has 0 heterocycles. The van der Waals surface area contributed by atoms with E-state index < -0.39 is 5.41 Å². The molecule has 1 amide bonds. The molecule has 1 aromatic rings. The summed E-state index contributed by atoms with van der Waals surface area (Å²) in [6, 6.07) is 7.31. The molecule has 0 bridgehead atoms. The number of rotatable bonds is 6. The number of benzene rings is 1. The Kier molecular flexibility index (Phi) is 6.09. The molecule has 0 aliphatic heterocycles. The number of nitrogens with zero attached hydrogens (tertiary/aromatic N) is 1. The number of amides is 1. The summed E-state index contributed by atoms with van der Waals surface area (Å²) in [4.78, 5) is 26.4. The summed E-state index contributed by atoms with van der Waals surface area (Å²) in [5.74, 6) is 0.0187. The predicted octanol–water partition coefficient (Wildman–Crippen LogP) is 2.14. The number of nitrogens with one attached hydrogen (secondary N) is 1. The van der Waals surface area contributed by atoms with E-state index in [1.807, 2.05) is 58.0 Å². The fourth-order valence-electron chi connectivity index (χ4n) is 1.82. The van der Waals surface area contributed by atoms with Gasteiger partial charge in [0.25, 0.3) is 5.91 Å². The number of Topliss-reactive ketones (excluding diaryl/α,β-unsaturated/α-hetero) is 1. The minimum atomic E-state index is -0.394. The number of ketones is 1. The third kappa shape index (κ3) is 5.68. The van der Waals surface area contributed by atoms with E-state index in [2.05, 4.69) is 5.32 Å². The Labute approximate surface area is 127 Å². The number of hydrogen-bond donors (Lipinski definition) is 1. The maximum absolute atomic E-state index is 12.2. The van der Waals surface area contributed by atoms with Crippen molar-refractivity contribution in [2.45, 2.75) is 27.2 Å². The van der Waals surface area contributed by atoms with Crippen molar-refractivity contribution in [3.63, 3.8) is 0 Å². The van der Waals surface area contributed by atoms with Gasteiger partial charge in [0, 0.05) is 30.5 Å². The highest BCUT2D eigenvalue weighted by molar-refractivity contribution is 5.97. The molecule has 0 saturated carbocycles. The van der Waals surface area contributed by atoms with Crippen molar-refractivity contribution in [3.05, 3.63) is 35.4 Å². The summed E-state index contributed by atoms with van der Waals surface area (Å²) in [6.45, 7) is 7.07. The van der Waals surface area contributed by atoms with E-state index in [9.17, 15) is 9.59 Å². The highest BCUT2D eigenvalue weighted by Gasteiger charge is 2.23. The molecule has 1 N–H and O–H groups in total. The number of likely N-dealkylation sites (N-methyl/N-ethyl adjacent to an activating group) is 1. The molecule has 0 spiro atoms. The first kappa shape index (κ1) is 17.4. The first-order valence-electron chi connectivity index (χ1n) is 7.26. The molecule has 0 aromatic heterocycles. The Morgan fingerprint density at radius 1 is 1.14 bits per heavy atom. The van der Waals surface area contributed by atoms with Gasteiger partial charge in [-0.2, -0.15) is 0 Å². The van der Waals surface area contributed by atoms with Crippen LogP contribution in [0.3, 0.4) is 0 Å². The van der Waals surface area contributed by atoms with E-state index in [4.69, 9.17) is 0 Å². The Balaban J connectivity index is 2.79. The van der Waals surface area contributed by atoms with Gasteiger partial charge >= 0.3 is 0 Å². The lowest BCUT2D eigenvalue weighted by molar-refractivity contribution is -0.125. The van der Waals surface area contributed by atoms with Gasteiger partial charge in [0.1, 0.15) is 5.78 Å². The summed E-state index contributed by atoms with van der Waals surface area (Å²) in [5, 5.41) is 2.89. The Hall–Kier alpha value is -1.68. The van der Waals surface area contributed by atoms with Gasteiger partial charge in [-0.1, -0.05) is 39.0 Å². The highest BCUT2D eigenvalue weighted by Crippen LogP contribution is 2.19. The SMILES string of the molecule is CN(C)CCNC(=O)c1ccccc1CC(=O)C(C)(C)C. The van der Waals surface area contributed by atoms with Crippen LogP contribution in [0.2, 0.25) is 0 Å². The zero-order valence-corrected chi connectivity index (χ0v) is 13.7. The van der Waals surface area contributed by atoms with Crippen LogP contribution in [0.5, 0.6) is 0 Å². The minimum Gasteiger partial charge on any atom is -0.351 e. The van der Waals surface area contributed by atoms with Crippen LogP contribution < -0.4 is 5.32 Å². The maximum Gasteiger partial charge on any atom is 0.251 e. The molecule has 0 fully saturated rings. The van der Waals surface area contributed by atoms with Gasteiger partial charge in [0.05, 0.1) is 0 Å². The Morgan fingerprint density at radius 2 is 1.76 bits per heavy atom. The first-order chi connectivity index (χ1) is 9.71. The molecule has 21 heavy (non-hydrogen) atoms.